The van der Waals surface area contributed by atoms with E-state index in [1.807, 2.05) is 48.5 Å². The molecule has 0 unspecified atom stereocenters. The van der Waals surface area contributed by atoms with Crippen molar-refractivity contribution in [1.82, 2.24) is 9.97 Å². The Labute approximate surface area is 165 Å². The van der Waals surface area contributed by atoms with Gasteiger partial charge in [-0.15, -0.1) is 0 Å². The largest absolute Gasteiger partial charge is 0.455 e. The number of aromatic nitrogens is 2. The van der Waals surface area contributed by atoms with Crippen LogP contribution in [0.4, 0.5) is 11.6 Å². The van der Waals surface area contributed by atoms with Crippen molar-refractivity contribution in [2.45, 2.75) is 20.3 Å². The Balaban J connectivity index is 1.70. The molecule has 2 aromatic carbocycles. The first-order chi connectivity index (χ1) is 13.6. The molecular weight excluding hydrogens is 352 g/mol. The molecule has 0 saturated heterocycles. The second-order valence-electron chi connectivity index (χ2n) is 6.74. The molecule has 0 radical (unpaired) electrons. The summed E-state index contributed by atoms with van der Waals surface area (Å²) in [7, 11) is 0. The van der Waals surface area contributed by atoms with Crippen molar-refractivity contribution in [3.8, 4) is 11.5 Å². The molecule has 3 aromatic rings. The van der Waals surface area contributed by atoms with E-state index in [1.54, 1.807) is 18.3 Å². The molecule has 1 amide bonds. The molecule has 144 valence electrons. The van der Waals surface area contributed by atoms with Crippen LogP contribution in [0, 0.1) is 5.92 Å². The molecule has 0 spiro atoms. The van der Waals surface area contributed by atoms with E-state index in [0.717, 1.165) is 13.0 Å². The summed E-state index contributed by atoms with van der Waals surface area (Å²) >= 11 is 0. The maximum Gasteiger partial charge on any atom is 0.274 e. The fourth-order valence-corrected chi connectivity index (χ4v) is 2.50. The van der Waals surface area contributed by atoms with Crippen LogP contribution in [0.3, 0.4) is 0 Å². The fraction of sp³-hybridized carbons (Fsp3) is 0.227. The molecule has 3 rings (SSSR count). The third kappa shape index (κ3) is 5.54. The van der Waals surface area contributed by atoms with Gasteiger partial charge in [0.1, 0.15) is 11.4 Å². The molecule has 0 aliphatic heterocycles. The fourth-order valence-electron chi connectivity index (χ4n) is 2.50. The topological polar surface area (TPSA) is 76.1 Å². The minimum atomic E-state index is -0.321. The lowest BCUT2D eigenvalue weighted by Gasteiger charge is -2.12. The Morgan fingerprint density at radius 3 is 2.57 bits per heavy atom. The molecule has 1 heterocycles. The third-order valence-corrected chi connectivity index (χ3v) is 4.00. The lowest BCUT2D eigenvalue weighted by atomic mass is 10.1. The Kier molecular flexibility index (Phi) is 6.57. The van der Waals surface area contributed by atoms with Gasteiger partial charge < -0.3 is 15.4 Å². The standard InChI is InChI=1S/C22H24N4O2/c1-16(2)12-14-23-22-24-15-13-19(26-22)21(27)25-18-10-6-7-11-20(18)28-17-8-4-3-5-9-17/h3-11,13,15-16H,12,14H2,1-2H3,(H,25,27)(H,23,24,26). The predicted molar refractivity (Wildman–Crippen MR) is 111 cm³/mol. The van der Waals surface area contributed by atoms with Gasteiger partial charge in [0.25, 0.3) is 5.91 Å². The van der Waals surface area contributed by atoms with Gasteiger partial charge in [0.05, 0.1) is 5.69 Å². The number of nitrogens with one attached hydrogen (secondary N) is 2. The molecule has 0 aliphatic rings. The van der Waals surface area contributed by atoms with Crippen molar-refractivity contribution < 1.29 is 9.53 Å². The summed E-state index contributed by atoms with van der Waals surface area (Å²) in [6.45, 7) is 5.07. The van der Waals surface area contributed by atoms with Crippen LogP contribution in [0.1, 0.15) is 30.8 Å². The SMILES string of the molecule is CC(C)CCNc1nccc(C(=O)Nc2ccccc2Oc2ccccc2)n1. The average Bonchev–Trinajstić information content (AvgIpc) is 2.70. The molecule has 6 nitrogen and oxygen atoms in total. The number of benzene rings is 2. The number of ether oxygens (including phenoxy) is 1. The van der Waals surface area contributed by atoms with Crippen LogP contribution >= 0.6 is 0 Å². The van der Waals surface area contributed by atoms with E-state index in [2.05, 4.69) is 34.4 Å². The van der Waals surface area contributed by atoms with Crippen molar-refractivity contribution in [2.24, 2.45) is 5.92 Å². The highest BCUT2D eigenvalue weighted by molar-refractivity contribution is 6.03. The van der Waals surface area contributed by atoms with Crippen molar-refractivity contribution in [1.29, 1.82) is 0 Å². The second-order valence-corrected chi connectivity index (χ2v) is 6.74. The zero-order valence-corrected chi connectivity index (χ0v) is 16.1. The number of rotatable bonds is 8. The number of anilines is 2. The van der Waals surface area contributed by atoms with Crippen LogP contribution in [-0.4, -0.2) is 22.4 Å². The summed E-state index contributed by atoms with van der Waals surface area (Å²) in [4.78, 5) is 21.1. The monoisotopic (exact) mass is 376 g/mol. The van der Waals surface area contributed by atoms with Crippen LogP contribution in [0.5, 0.6) is 11.5 Å². The first-order valence-corrected chi connectivity index (χ1v) is 9.32. The van der Waals surface area contributed by atoms with Crippen LogP contribution in [0.2, 0.25) is 0 Å². The van der Waals surface area contributed by atoms with Crippen LogP contribution in [-0.2, 0) is 0 Å². The van der Waals surface area contributed by atoms with Gasteiger partial charge in [-0.05, 0) is 42.7 Å². The Morgan fingerprint density at radius 2 is 1.79 bits per heavy atom. The molecule has 1 aromatic heterocycles. The number of carbonyl (C=O) groups excluding carboxylic acids is 1. The Hall–Kier alpha value is -3.41. The average molecular weight is 376 g/mol. The Bertz CT molecular complexity index is 913. The van der Waals surface area contributed by atoms with Gasteiger partial charge in [0.2, 0.25) is 5.95 Å². The molecule has 0 saturated carbocycles. The highest BCUT2D eigenvalue weighted by atomic mass is 16.5. The van der Waals surface area contributed by atoms with E-state index in [4.69, 9.17) is 4.74 Å². The van der Waals surface area contributed by atoms with E-state index >= 15 is 0 Å². The minimum Gasteiger partial charge on any atom is -0.455 e. The van der Waals surface area contributed by atoms with Gasteiger partial charge in [0, 0.05) is 12.7 Å². The third-order valence-electron chi connectivity index (χ3n) is 4.00. The van der Waals surface area contributed by atoms with E-state index in [0.29, 0.717) is 29.1 Å². The summed E-state index contributed by atoms with van der Waals surface area (Å²) in [5, 5.41) is 6.02. The van der Waals surface area contributed by atoms with Crippen molar-refractivity contribution in [3.05, 3.63) is 72.6 Å². The first-order valence-electron chi connectivity index (χ1n) is 9.32. The van der Waals surface area contributed by atoms with Gasteiger partial charge in [-0.1, -0.05) is 44.2 Å². The minimum absolute atomic E-state index is 0.288. The highest BCUT2D eigenvalue weighted by Crippen LogP contribution is 2.29. The predicted octanol–water partition coefficient (Wildman–Crippen LogP) is 4.98. The summed E-state index contributed by atoms with van der Waals surface area (Å²) < 4.78 is 5.89. The van der Waals surface area contributed by atoms with Crippen LogP contribution in [0.25, 0.3) is 0 Å². The lowest BCUT2D eigenvalue weighted by molar-refractivity contribution is 0.102. The number of carbonyl (C=O) groups is 1. The molecule has 6 heteroatoms. The van der Waals surface area contributed by atoms with Gasteiger partial charge in [-0.3, -0.25) is 4.79 Å². The maximum absolute atomic E-state index is 12.7. The van der Waals surface area contributed by atoms with Gasteiger partial charge in [-0.2, -0.15) is 0 Å². The first kappa shape index (κ1) is 19.4. The maximum atomic E-state index is 12.7. The lowest BCUT2D eigenvalue weighted by Crippen LogP contribution is -2.16. The smallest absolute Gasteiger partial charge is 0.274 e. The van der Waals surface area contributed by atoms with Crippen LogP contribution in [0.15, 0.2) is 66.9 Å². The number of nitrogens with zero attached hydrogens (tertiary/aromatic N) is 2. The van der Waals surface area contributed by atoms with Crippen molar-refractivity contribution in [2.75, 3.05) is 17.2 Å². The Morgan fingerprint density at radius 1 is 1.04 bits per heavy atom. The number of hydrogen-bond acceptors (Lipinski definition) is 5. The highest BCUT2D eigenvalue weighted by Gasteiger charge is 2.12. The normalized spacial score (nSPS) is 10.5. The number of hydrogen-bond donors (Lipinski definition) is 2. The number of para-hydroxylation sites is 3. The van der Waals surface area contributed by atoms with Crippen molar-refractivity contribution in [3.63, 3.8) is 0 Å². The zero-order chi connectivity index (χ0) is 19.8. The molecule has 0 bridgehead atoms. The van der Waals surface area contributed by atoms with Gasteiger partial charge in [0.15, 0.2) is 5.75 Å². The molecule has 0 aliphatic carbocycles. The van der Waals surface area contributed by atoms with Gasteiger partial charge >= 0.3 is 0 Å². The van der Waals surface area contributed by atoms with Crippen molar-refractivity contribution >= 4 is 17.5 Å². The van der Waals surface area contributed by atoms with E-state index in [-0.39, 0.29) is 11.6 Å². The van der Waals surface area contributed by atoms with E-state index in [1.165, 1.54) is 0 Å². The molecule has 0 atom stereocenters. The van der Waals surface area contributed by atoms with Gasteiger partial charge in [-0.25, -0.2) is 9.97 Å². The molecular formula is C22H24N4O2. The quantitative estimate of drug-likeness (QED) is 0.580. The molecule has 28 heavy (non-hydrogen) atoms. The number of amides is 1. The molecule has 2 N–H and O–H groups in total. The van der Waals surface area contributed by atoms with Crippen LogP contribution < -0.4 is 15.4 Å². The summed E-state index contributed by atoms with van der Waals surface area (Å²) in [6.07, 6.45) is 2.58. The second kappa shape index (κ2) is 9.50. The summed E-state index contributed by atoms with van der Waals surface area (Å²) in [6, 6.07) is 18.3. The summed E-state index contributed by atoms with van der Waals surface area (Å²) in [5.74, 6) is 1.97. The van der Waals surface area contributed by atoms with E-state index in [9.17, 15) is 4.79 Å². The summed E-state index contributed by atoms with van der Waals surface area (Å²) in [5.41, 5.74) is 0.862. The zero-order valence-electron chi connectivity index (χ0n) is 16.1. The van der Waals surface area contributed by atoms with E-state index < -0.39 is 0 Å². The molecule has 0 fully saturated rings.